The van der Waals surface area contributed by atoms with Crippen molar-refractivity contribution < 1.29 is 32.9 Å². The van der Waals surface area contributed by atoms with Gasteiger partial charge in [0.2, 0.25) is 0 Å². The summed E-state index contributed by atoms with van der Waals surface area (Å²) in [5.74, 6) is -1.04. The molecule has 3 atom stereocenters. The molecule has 2 rings (SSSR count). The molecular formula is C22H37N6O7P. The molecule has 0 fully saturated rings. The number of anilines is 1. The number of aromatic nitrogens is 4. The Balaban J connectivity index is 2.16. The number of rotatable bonds is 14. The van der Waals surface area contributed by atoms with Gasteiger partial charge in [-0.25, -0.2) is 24.8 Å². The summed E-state index contributed by atoms with van der Waals surface area (Å²) in [6, 6.07) is 0. The molecule has 0 amide bonds. The molecule has 0 aliphatic carbocycles. The molecule has 3 N–H and O–H groups in total. The molecule has 0 radical (unpaired) electrons. The minimum absolute atomic E-state index is 0.215. The first-order valence-corrected chi connectivity index (χ1v) is 13.6. The van der Waals surface area contributed by atoms with Gasteiger partial charge in [-0.15, -0.1) is 0 Å². The molecule has 0 aromatic carbocycles. The van der Waals surface area contributed by atoms with E-state index in [1.54, 1.807) is 31.7 Å². The summed E-state index contributed by atoms with van der Waals surface area (Å²) in [6.07, 6.45) is 1.06. The van der Waals surface area contributed by atoms with E-state index in [9.17, 15) is 14.2 Å². The highest BCUT2D eigenvalue weighted by atomic mass is 31.2. The first-order valence-electron chi connectivity index (χ1n) is 11.8. The Hall–Kier alpha value is -2.60. The summed E-state index contributed by atoms with van der Waals surface area (Å²) >= 11 is 0. The van der Waals surface area contributed by atoms with Crippen LogP contribution in [0.15, 0.2) is 12.7 Å². The fourth-order valence-electron chi connectivity index (χ4n) is 3.15. The second-order valence-electron chi connectivity index (χ2n) is 9.21. The molecule has 0 aliphatic heterocycles. The highest BCUT2D eigenvalue weighted by Gasteiger charge is 2.40. The molecule has 0 saturated heterocycles. The Bertz CT molecular complexity index is 1090. The van der Waals surface area contributed by atoms with Crippen molar-refractivity contribution in [2.75, 3.05) is 18.7 Å². The van der Waals surface area contributed by atoms with Crippen LogP contribution in [0, 0.1) is 0 Å². The third-order valence-electron chi connectivity index (χ3n) is 4.82. The average Bonchev–Trinajstić information content (AvgIpc) is 3.19. The summed E-state index contributed by atoms with van der Waals surface area (Å²) < 4.78 is 37.4. The number of carbonyl (C=O) groups is 2. The predicted octanol–water partition coefficient (Wildman–Crippen LogP) is 2.64. The minimum Gasteiger partial charge on any atom is -0.464 e. The molecule has 0 aliphatic rings. The standard InChI is InChI=1S/C22H37N6O7P/c1-8-9-32-21(30)22(6,7)27-36(31,35-16(5)20(29)34-14(2)3)13-33-15(4)10-28-12-26-17-18(23)24-11-25-19(17)28/h11-12,14-16H,8-10,13H2,1-7H3,(H,27,31)(H2,23,24,25)/t15-,16-,36+/m1/s1. The quantitative estimate of drug-likeness (QED) is 0.272. The molecule has 2 heterocycles. The Morgan fingerprint density at radius 1 is 1.19 bits per heavy atom. The van der Waals surface area contributed by atoms with E-state index in [0.717, 1.165) is 0 Å². The van der Waals surface area contributed by atoms with E-state index in [1.807, 2.05) is 6.92 Å². The van der Waals surface area contributed by atoms with Crippen LogP contribution in [0.3, 0.4) is 0 Å². The SMILES string of the molecule is CCCOC(=O)C(C)(C)N[P@](=O)(CO[C@H](C)Cn1cnc2c(N)ncnc21)O[C@H](C)C(=O)OC(C)C. The lowest BCUT2D eigenvalue weighted by Crippen LogP contribution is -2.47. The summed E-state index contributed by atoms with van der Waals surface area (Å²) in [6.45, 7) is 12.0. The highest BCUT2D eigenvalue weighted by Crippen LogP contribution is 2.46. The topological polar surface area (TPSA) is 170 Å². The molecule has 2 aromatic heterocycles. The van der Waals surface area contributed by atoms with E-state index >= 15 is 0 Å². The number of fused-ring (bicyclic) bond motifs is 1. The number of nitrogens with zero attached hydrogens (tertiary/aromatic N) is 4. The van der Waals surface area contributed by atoms with Crippen LogP contribution in [-0.2, 0) is 39.4 Å². The maximum Gasteiger partial charge on any atom is 0.335 e. The van der Waals surface area contributed by atoms with Gasteiger partial charge in [-0.2, -0.15) is 0 Å². The summed E-state index contributed by atoms with van der Waals surface area (Å²) in [7, 11) is -3.92. The van der Waals surface area contributed by atoms with Crippen LogP contribution in [0.5, 0.6) is 0 Å². The molecule has 0 bridgehead atoms. The first kappa shape index (κ1) is 29.6. The molecule has 0 unspecified atom stereocenters. The Morgan fingerprint density at radius 3 is 2.53 bits per heavy atom. The van der Waals surface area contributed by atoms with Gasteiger partial charge in [-0.05, 0) is 48.0 Å². The van der Waals surface area contributed by atoms with Crippen molar-refractivity contribution in [2.24, 2.45) is 0 Å². The molecule has 2 aromatic rings. The maximum absolute atomic E-state index is 13.8. The lowest BCUT2D eigenvalue weighted by molar-refractivity contribution is -0.155. The van der Waals surface area contributed by atoms with Gasteiger partial charge >= 0.3 is 11.9 Å². The number of esters is 2. The van der Waals surface area contributed by atoms with Crippen LogP contribution in [0.1, 0.15) is 54.9 Å². The minimum atomic E-state index is -3.92. The van der Waals surface area contributed by atoms with E-state index in [1.165, 1.54) is 27.1 Å². The highest BCUT2D eigenvalue weighted by molar-refractivity contribution is 7.56. The number of hydrogen-bond donors (Lipinski definition) is 2. The van der Waals surface area contributed by atoms with Crippen molar-refractivity contribution in [3.05, 3.63) is 12.7 Å². The van der Waals surface area contributed by atoms with Crippen LogP contribution >= 0.6 is 7.52 Å². The number of carbonyl (C=O) groups excluding carboxylic acids is 2. The number of nitrogens with one attached hydrogen (secondary N) is 1. The smallest absolute Gasteiger partial charge is 0.335 e. The van der Waals surface area contributed by atoms with Crippen molar-refractivity contribution in [3.63, 3.8) is 0 Å². The maximum atomic E-state index is 13.8. The zero-order valence-corrected chi connectivity index (χ0v) is 22.8. The lowest BCUT2D eigenvalue weighted by Gasteiger charge is -2.31. The summed E-state index contributed by atoms with van der Waals surface area (Å²) in [5, 5.41) is 2.74. The van der Waals surface area contributed by atoms with Crippen LogP contribution in [0.25, 0.3) is 11.2 Å². The van der Waals surface area contributed by atoms with Gasteiger partial charge in [-0.1, -0.05) is 6.92 Å². The predicted molar refractivity (Wildman–Crippen MR) is 133 cm³/mol. The molecule has 202 valence electrons. The van der Waals surface area contributed by atoms with Crippen LogP contribution in [-0.4, -0.2) is 68.3 Å². The average molecular weight is 529 g/mol. The van der Waals surface area contributed by atoms with Crippen LogP contribution < -0.4 is 10.8 Å². The monoisotopic (exact) mass is 528 g/mol. The number of ether oxygens (including phenoxy) is 3. The van der Waals surface area contributed by atoms with Crippen LogP contribution in [0.4, 0.5) is 5.82 Å². The van der Waals surface area contributed by atoms with Crippen molar-refractivity contribution in [3.8, 4) is 0 Å². The first-order chi connectivity index (χ1) is 16.8. The summed E-state index contributed by atoms with van der Waals surface area (Å²) in [4.78, 5) is 37.2. The second-order valence-corrected chi connectivity index (χ2v) is 11.3. The zero-order chi connectivity index (χ0) is 27.1. The van der Waals surface area contributed by atoms with Gasteiger partial charge in [-0.3, -0.25) is 9.36 Å². The van der Waals surface area contributed by atoms with Gasteiger partial charge in [0, 0.05) is 0 Å². The molecule has 13 nitrogen and oxygen atoms in total. The van der Waals surface area contributed by atoms with Gasteiger partial charge < -0.3 is 29.0 Å². The number of imidazole rings is 1. The third kappa shape index (κ3) is 8.22. The second kappa shape index (κ2) is 12.6. The zero-order valence-electron chi connectivity index (χ0n) is 21.9. The van der Waals surface area contributed by atoms with Crippen molar-refractivity contribution in [1.29, 1.82) is 0 Å². The molecule has 0 spiro atoms. The van der Waals surface area contributed by atoms with E-state index < -0.39 is 43.6 Å². The van der Waals surface area contributed by atoms with Crippen molar-refractivity contribution in [1.82, 2.24) is 24.6 Å². The number of nitrogen functional groups attached to an aromatic ring is 1. The van der Waals surface area contributed by atoms with Crippen molar-refractivity contribution in [2.45, 2.75) is 85.3 Å². The Labute approximate surface area is 210 Å². The summed E-state index contributed by atoms with van der Waals surface area (Å²) in [5.41, 5.74) is 5.45. The van der Waals surface area contributed by atoms with Gasteiger partial charge in [0.1, 0.15) is 23.7 Å². The fourth-order valence-corrected chi connectivity index (χ4v) is 5.32. The van der Waals surface area contributed by atoms with Gasteiger partial charge in [0.05, 0.1) is 31.7 Å². The van der Waals surface area contributed by atoms with Gasteiger partial charge in [0.25, 0.3) is 7.52 Å². The third-order valence-corrected chi connectivity index (χ3v) is 6.87. The van der Waals surface area contributed by atoms with Crippen LogP contribution in [0.2, 0.25) is 0 Å². The molecule has 36 heavy (non-hydrogen) atoms. The van der Waals surface area contributed by atoms with Gasteiger partial charge in [0.15, 0.2) is 17.6 Å². The number of hydrogen-bond acceptors (Lipinski definition) is 11. The fraction of sp³-hybridized carbons (Fsp3) is 0.682. The van der Waals surface area contributed by atoms with E-state index in [0.29, 0.717) is 24.1 Å². The van der Waals surface area contributed by atoms with Crippen molar-refractivity contribution >= 4 is 36.4 Å². The number of nitrogens with two attached hydrogens (primary N) is 1. The Morgan fingerprint density at radius 2 is 1.89 bits per heavy atom. The Kier molecular flexibility index (Phi) is 10.4. The molecule has 14 heteroatoms. The van der Waals surface area contributed by atoms with E-state index in [2.05, 4.69) is 20.0 Å². The molecular weight excluding hydrogens is 491 g/mol. The van der Waals surface area contributed by atoms with E-state index in [4.69, 9.17) is 24.5 Å². The molecule has 0 saturated carbocycles. The largest absolute Gasteiger partial charge is 0.464 e. The lowest BCUT2D eigenvalue weighted by atomic mass is 10.1. The normalized spacial score (nSPS) is 15.4. The van der Waals surface area contributed by atoms with E-state index in [-0.39, 0.29) is 18.5 Å².